The largest absolute Gasteiger partial charge is 0.368 e. The molecule has 0 saturated heterocycles. The van der Waals surface area contributed by atoms with Crippen LogP contribution in [0.15, 0.2) is 0 Å². The molecule has 0 spiro atoms. The van der Waals surface area contributed by atoms with Crippen molar-refractivity contribution in [2.45, 2.75) is 39.2 Å². The third-order valence-corrected chi connectivity index (χ3v) is 2.10. The number of hydrogen-bond donors (Lipinski definition) is 3. The van der Waals surface area contributed by atoms with Gasteiger partial charge in [-0.15, -0.1) is 0 Å². The van der Waals surface area contributed by atoms with Crippen LogP contribution in [0.25, 0.3) is 0 Å². The molecule has 0 rings (SSSR count). The Balaban J connectivity index is 3.52. The highest BCUT2D eigenvalue weighted by atomic mass is 16.2. The quantitative estimate of drug-likeness (QED) is 0.488. The van der Waals surface area contributed by atoms with Crippen molar-refractivity contribution in [1.82, 2.24) is 10.6 Å². The van der Waals surface area contributed by atoms with Crippen molar-refractivity contribution in [3.05, 3.63) is 0 Å². The van der Waals surface area contributed by atoms with Crippen LogP contribution in [0.4, 0.5) is 0 Å². The van der Waals surface area contributed by atoms with Crippen molar-refractivity contribution in [2.24, 2.45) is 5.73 Å². The maximum Gasteiger partial charge on any atom is 0.234 e. The first-order valence-corrected chi connectivity index (χ1v) is 5.41. The zero-order valence-corrected chi connectivity index (χ0v) is 9.51. The first kappa shape index (κ1) is 13.9. The van der Waals surface area contributed by atoms with E-state index in [4.69, 9.17) is 5.73 Å². The van der Waals surface area contributed by atoms with Gasteiger partial charge in [0.25, 0.3) is 0 Å². The normalized spacial score (nSPS) is 12.1. The summed E-state index contributed by atoms with van der Waals surface area (Å²) in [4.78, 5) is 21.9. The molecule has 4 N–H and O–H groups in total. The molecular weight excluding hydrogens is 194 g/mol. The van der Waals surface area contributed by atoms with E-state index in [1.165, 1.54) is 0 Å². The van der Waals surface area contributed by atoms with Crippen LogP contribution in [0.5, 0.6) is 0 Å². The topological polar surface area (TPSA) is 84.2 Å². The van der Waals surface area contributed by atoms with Gasteiger partial charge in [-0.25, -0.2) is 0 Å². The van der Waals surface area contributed by atoms with Gasteiger partial charge in [0.15, 0.2) is 0 Å². The minimum Gasteiger partial charge on any atom is -0.368 e. The Kier molecular flexibility index (Phi) is 7.62. The van der Waals surface area contributed by atoms with Crippen LogP contribution in [-0.2, 0) is 9.59 Å². The van der Waals surface area contributed by atoms with Gasteiger partial charge in [0.2, 0.25) is 11.8 Å². The third kappa shape index (κ3) is 6.90. The van der Waals surface area contributed by atoms with Crippen molar-refractivity contribution < 1.29 is 9.59 Å². The lowest BCUT2D eigenvalue weighted by atomic mass is 10.2. The number of rotatable bonds is 8. The third-order valence-electron chi connectivity index (χ3n) is 2.10. The number of nitrogens with two attached hydrogens (primary N) is 1. The fraction of sp³-hybridized carbons (Fsp3) is 0.800. The fourth-order valence-electron chi connectivity index (χ4n) is 1.26. The molecule has 2 amide bonds. The molecule has 1 atom stereocenters. The highest BCUT2D eigenvalue weighted by Gasteiger charge is 2.10. The second kappa shape index (κ2) is 8.23. The number of primary amides is 1. The van der Waals surface area contributed by atoms with Crippen molar-refractivity contribution in [3.63, 3.8) is 0 Å². The molecule has 0 bridgehead atoms. The first-order chi connectivity index (χ1) is 7.11. The second-order valence-corrected chi connectivity index (χ2v) is 3.37. The van der Waals surface area contributed by atoms with E-state index in [0.717, 1.165) is 6.42 Å². The Morgan fingerprint density at radius 2 is 2.00 bits per heavy atom. The average molecular weight is 215 g/mol. The van der Waals surface area contributed by atoms with Crippen LogP contribution in [0.1, 0.15) is 33.1 Å². The lowest BCUT2D eigenvalue weighted by Crippen LogP contribution is -2.41. The van der Waals surface area contributed by atoms with Crippen molar-refractivity contribution in [1.29, 1.82) is 0 Å². The maximum absolute atomic E-state index is 11.1. The highest BCUT2D eigenvalue weighted by Crippen LogP contribution is 1.92. The molecule has 0 aromatic carbocycles. The van der Waals surface area contributed by atoms with E-state index in [-0.39, 0.29) is 17.9 Å². The second-order valence-electron chi connectivity index (χ2n) is 3.37. The molecule has 1 unspecified atom stereocenters. The summed E-state index contributed by atoms with van der Waals surface area (Å²) in [6.45, 7) is 5.08. The molecule has 0 aliphatic heterocycles. The Morgan fingerprint density at radius 1 is 1.33 bits per heavy atom. The van der Waals surface area contributed by atoms with E-state index in [9.17, 15) is 9.59 Å². The maximum atomic E-state index is 11.1. The Labute approximate surface area is 90.8 Å². The average Bonchev–Trinajstić information content (AvgIpc) is 2.17. The molecule has 0 saturated carbocycles. The molecule has 5 nitrogen and oxygen atoms in total. The summed E-state index contributed by atoms with van der Waals surface area (Å²) in [6, 6.07) is -0.278. The summed E-state index contributed by atoms with van der Waals surface area (Å²) in [5.41, 5.74) is 5.16. The monoisotopic (exact) mass is 215 g/mol. The van der Waals surface area contributed by atoms with E-state index in [2.05, 4.69) is 10.6 Å². The SMILES string of the molecule is CCNC(=O)CCCNC(CC)C(N)=O. The van der Waals surface area contributed by atoms with E-state index in [1.807, 2.05) is 13.8 Å². The van der Waals surface area contributed by atoms with Gasteiger partial charge >= 0.3 is 0 Å². The summed E-state index contributed by atoms with van der Waals surface area (Å²) < 4.78 is 0. The van der Waals surface area contributed by atoms with Gasteiger partial charge in [0.05, 0.1) is 6.04 Å². The van der Waals surface area contributed by atoms with Crippen LogP contribution < -0.4 is 16.4 Å². The van der Waals surface area contributed by atoms with Crippen LogP contribution in [0.2, 0.25) is 0 Å². The molecule has 0 heterocycles. The molecule has 0 fully saturated rings. The van der Waals surface area contributed by atoms with Gasteiger partial charge in [-0.1, -0.05) is 6.92 Å². The smallest absolute Gasteiger partial charge is 0.234 e. The highest BCUT2D eigenvalue weighted by molar-refractivity contribution is 5.79. The first-order valence-electron chi connectivity index (χ1n) is 5.41. The molecule has 5 heteroatoms. The van der Waals surface area contributed by atoms with Gasteiger partial charge in [0.1, 0.15) is 0 Å². The Bertz CT molecular complexity index is 207. The summed E-state index contributed by atoms with van der Waals surface area (Å²) in [7, 11) is 0. The number of carbonyl (C=O) groups excluding carboxylic acids is 2. The van der Waals surface area contributed by atoms with Gasteiger partial charge in [-0.3, -0.25) is 9.59 Å². The van der Waals surface area contributed by atoms with Crippen molar-refractivity contribution >= 4 is 11.8 Å². The van der Waals surface area contributed by atoms with Crippen molar-refractivity contribution in [2.75, 3.05) is 13.1 Å². The lowest BCUT2D eigenvalue weighted by molar-refractivity contribution is -0.121. The van der Waals surface area contributed by atoms with Gasteiger partial charge in [-0.2, -0.15) is 0 Å². The molecule has 15 heavy (non-hydrogen) atoms. The van der Waals surface area contributed by atoms with E-state index in [0.29, 0.717) is 25.9 Å². The summed E-state index contributed by atoms with van der Waals surface area (Å²) in [6.07, 6.45) is 1.88. The minimum absolute atomic E-state index is 0.0476. The fourth-order valence-corrected chi connectivity index (χ4v) is 1.26. The van der Waals surface area contributed by atoms with Crippen LogP contribution >= 0.6 is 0 Å². The molecule has 0 radical (unpaired) electrons. The summed E-state index contributed by atoms with van der Waals surface area (Å²) in [5, 5.41) is 5.72. The molecule has 0 aliphatic carbocycles. The number of nitrogens with one attached hydrogen (secondary N) is 2. The Hall–Kier alpha value is -1.10. The van der Waals surface area contributed by atoms with E-state index in [1.54, 1.807) is 0 Å². The summed E-state index contributed by atoms with van der Waals surface area (Å²) in [5.74, 6) is -0.290. The molecule has 0 aliphatic rings. The molecule has 0 aromatic rings. The predicted molar refractivity (Wildman–Crippen MR) is 59.2 cm³/mol. The predicted octanol–water partition coefficient (Wildman–Crippen LogP) is -0.244. The van der Waals surface area contributed by atoms with Gasteiger partial charge in [-0.05, 0) is 26.3 Å². The van der Waals surface area contributed by atoms with Crippen LogP contribution in [0.3, 0.4) is 0 Å². The standard InChI is InChI=1S/C10H21N3O2/c1-3-8(10(11)15)13-7-5-6-9(14)12-4-2/h8,13H,3-7H2,1-2H3,(H2,11,15)(H,12,14). The number of amides is 2. The van der Waals surface area contributed by atoms with E-state index >= 15 is 0 Å². The van der Waals surface area contributed by atoms with Crippen LogP contribution in [0, 0.1) is 0 Å². The van der Waals surface area contributed by atoms with Gasteiger partial charge in [0, 0.05) is 13.0 Å². The van der Waals surface area contributed by atoms with Gasteiger partial charge < -0.3 is 16.4 Å². The zero-order chi connectivity index (χ0) is 11.7. The van der Waals surface area contributed by atoms with E-state index < -0.39 is 0 Å². The minimum atomic E-state index is -0.337. The van der Waals surface area contributed by atoms with Crippen molar-refractivity contribution in [3.8, 4) is 0 Å². The zero-order valence-electron chi connectivity index (χ0n) is 9.51. The Morgan fingerprint density at radius 3 is 2.47 bits per heavy atom. The molecule has 88 valence electrons. The number of carbonyl (C=O) groups is 2. The number of hydrogen-bond acceptors (Lipinski definition) is 3. The summed E-state index contributed by atoms with van der Waals surface area (Å²) >= 11 is 0. The molecule has 0 aromatic heterocycles. The lowest BCUT2D eigenvalue weighted by Gasteiger charge is -2.12. The molecular formula is C10H21N3O2. The van der Waals surface area contributed by atoms with Crippen LogP contribution in [-0.4, -0.2) is 30.9 Å².